The van der Waals surface area contributed by atoms with Crippen molar-refractivity contribution in [2.24, 2.45) is 0 Å². The van der Waals surface area contributed by atoms with Crippen molar-refractivity contribution in [2.45, 2.75) is 13.1 Å². The number of benzene rings is 3. The molecule has 5 aromatic rings. The van der Waals surface area contributed by atoms with Gasteiger partial charge in [-0.15, -0.1) is 0 Å². The SMILES string of the molecule is COc1cccc(Cn2cc3cccc(NCc4ccc5ncccc5c4)c3c2O)c1. The Bertz CT molecular complexity index is 1370. The van der Waals surface area contributed by atoms with Gasteiger partial charge >= 0.3 is 0 Å². The van der Waals surface area contributed by atoms with E-state index in [0.717, 1.165) is 44.2 Å². The number of nitrogens with zero attached hydrogens (tertiary/aromatic N) is 2. The number of ether oxygens (including phenoxy) is 1. The van der Waals surface area contributed by atoms with Crippen LogP contribution in [0.2, 0.25) is 0 Å². The highest BCUT2D eigenvalue weighted by molar-refractivity contribution is 5.98. The molecule has 0 saturated carbocycles. The minimum Gasteiger partial charge on any atom is -0.497 e. The molecule has 2 heterocycles. The summed E-state index contributed by atoms with van der Waals surface area (Å²) in [6.07, 6.45) is 3.79. The minimum absolute atomic E-state index is 0.253. The molecule has 0 atom stereocenters. The fourth-order valence-corrected chi connectivity index (χ4v) is 3.97. The number of hydrogen-bond donors (Lipinski definition) is 2. The third-order valence-corrected chi connectivity index (χ3v) is 5.52. The zero-order valence-electron chi connectivity index (χ0n) is 17.2. The smallest absolute Gasteiger partial charge is 0.201 e. The van der Waals surface area contributed by atoms with E-state index in [9.17, 15) is 5.11 Å². The Hall–Kier alpha value is -3.99. The van der Waals surface area contributed by atoms with Gasteiger partial charge < -0.3 is 19.7 Å². The van der Waals surface area contributed by atoms with Gasteiger partial charge in [0.25, 0.3) is 0 Å². The summed E-state index contributed by atoms with van der Waals surface area (Å²) in [4.78, 5) is 4.38. The summed E-state index contributed by atoms with van der Waals surface area (Å²) in [5, 5.41) is 17.4. The number of aromatic nitrogens is 2. The number of aromatic hydroxyl groups is 1. The molecule has 0 aliphatic heterocycles. The molecule has 2 aromatic heterocycles. The van der Waals surface area contributed by atoms with Crippen LogP contribution in [-0.2, 0) is 13.1 Å². The highest BCUT2D eigenvalue weighted by atomic mass is 16.5. The van der Waals surface area contributed by atoms with Gasteiger partial charge in [-0.2, -0.15) is 0 Å². The summed E-state index contributed by atoms with van der Waals surface area (Å²) in [5.74, 6) is 1.06. The maximum absolute atomic E-state index is 11.0. The monoisotopic (exact) mass is 409 g/mol. The van der Waals surface area contributed by atoms with Crippen molar-refractivity contribution in [3.8, 4) is 11.6 Å². The topological polar surface area (TPSA) is 59.3 Å². The number of methoxy groups -OCH3 is 1. The molecule has 2 N–H and O–H groups in total. The molecule has 0 bridgehead atoms. The molecule has 0 aliphatic carbocycles. The lowest BCUT2D eigenvalue weighted by Crippen LogP contribution is -2.00. The van der Waals surface area contributed by atoms with Crippen LogP contribution in [0.5, 0.6) is 11.6 Å². The van der Waals surface area contributed by atoms with Crippen LogP contribution in [0.1, 0.15) is 11.1 Å². The van der Waals surface area contributed by atoms with Gasteiger partial charge in [-0.3, -0.25) is 4.98 Å². The number of nitrogens with one attached hydrogen (secondary N) is 1. The zero-order valence-corrected chi connectivity index (χ0v) is 17.2. The highest BCUT2D eigenvalue weighted by Crippen LogP contribution is 2.34. The van der Waals surface area contributed by atoms with Crippen LogP contribution in [0.4, 0.5) is 5.69 Å². The van der Waals surface area contributed by atoms with Gasteiger partial charge in [-0.25, -0.2) is 0 Å². The number of fused-ring (bicyclic) bond motifs is 2. The van der Waals surface area contributed by atoms with E-state index in [0.29, 0.717) is 13.1 Å². The van der Waals surface area contributed by atoms with E-state index in [1.807, 2.05) is 65.4 Å². The van der Waals surface area contributed by atoms with Crippen LogP contribution < -0.4 is 10.1 Å². The summed E-state index contributed by atoms with van der Waals surface area (Å²) >= 11 is 0. The van der Waals surface area contributed by atoms with Crippen LogP contribution in [0.15, 0.2) is 85.2 Å². The third-order valence-electron chi connectivity index (χ3n) is 5.52. The molecule has 0 aliphatic rings. The third kappa shape index (κ3) is 3.78. The maximum Gasteiger partial charge on any atom is 0.201 e. The summed E-state index contributed by atoms with van der Waals surface area (Å²) in [6, 6.07) is 24.2. The average molecular weight is 409 g/mol. The first-order valence-corrected chi connectivity index (χ1v) is 10.2. The largest absolute Gasteiger partial charge is 0.497 e. The van der Waals surface area contributed by atoms with Crippen LogP contribution >= 0.6 is 0 Å². The molecule has 0 amide bonds. The molecule has 0 spiro atoms. The fourth-order valence-electron chi connectivity index (χ4n) is 3.97. The summed E-state index contributed by atoms with van der Waals surface area (Å²) < 4.78 is 7.18. The summed E-state index contributed by atoms with van der Waals surface area (Å²) in [6.45, 7) is 1.22. The van der Waals surface area contributed by atoms with Gasteiger partial charge in [0.1, 0.15) is 5.75 Å². The van der Waals surface area contributed by atoms with Crippen molar-refractivity contribution < 1.29 is 9.84 Å². The first-order valence-electron chi connectivity index (χ1n) is 10.2. The molecule has 31 heavy (non-hydrogen) atoms. The Labute approximate surface area is 180 Å². The van der Waals surface area contributed by atoms with E-state index < -0.39 is 0 Å². The second-order valence-electron chi connectivity index (χ2n) is 7.59. The van der Waals surface area contributed by atoms with Crippen molar-refractivity contribution in [1.82, 2.24) is 9.55 Å². The van der Waals surface area contributed by atoms with E-state index >= 15 is 0 Å². The number of hydrogen-bond acceptors (Lipinski definition) is 4. The second kappa shape index (κ2) is 8.03. The van der Waals surface area contributed by atoms with Gasteiger partial charge in [0.15, 0.2) is 0 Å². The Balaban J connectivity index is 1.42. The molecular formula is C26H23N3O2. The van der Waals surface area contributed by atoms with Crippen LogP contribution in [-0.4, -0.2) is 21.8 Å². The van der Waals surface area contributed by atoms with Crippen LogP contribution in [0.25, 0.3) is 21.7 Å². The van der Waals surface area contributed by atoms with Crippen molar-refractivity contribution >= 4 is 27.4 Å². The van der Waals surface area contributed by atoms with E-state index in [4.69, 9.17) is 4.74 Å². The number of rotatable bonds is 6. The van der Waals surface area contributed by atoms with Crippen LogP contribution in [0, 0.1) is 0 Å². The molecule has 5 nitrogen and oxygen atoms in total. The van der Waals surface area contributed by atoms with E-state index in [1.165, 1.54) is 0 Å². The molecule has 0 fully saturated rings. The minimum atomic E-state index is 0.253. The van der Waals surface area contributed by atoms with E-state index in [2.05, 4.69) is 28.5 Å². The van der Waals surface area contributed by atoms with Gasteiger partial charge in [-0.05, 0) is 47.5 Å². The molecule has 0 unspecified atom stereocenters. The van der Waals surface area contributed by atoms with Gasteiger partial charge in [0.05, 0.1) is 24.6 Å². The van der Waals surface area contributed by atoms with E-state index in [1.54, 1.807) is 13.3 Å². The highest BCUT2D eigenvalue weighted by Gasteiger charge is 2.13. The molecule has 3 aromatic carbocycles. The number of pyridine rings is 1. The van der Waals surface area contributed by atoms with Crippen molar-refractivity contribution in [3.63, 3.8) is 0 Å². The maximum atomic E-state index is 11.0. The fraction of sp³-hybridized carbons (Fsp3) is 0.115. The zero-order chi connectivity index (χ0) is 21.2. The normalized spacial score (nSPS) is 11.1. The van der Waals surface area contributed by atoms with Crippen molar-refractivity contribution in [2.75, 3.05) is 12.4 Å². The molecule has 0 saturated heterocycles. The van der Waals surface area contributed by atoms with Gasteiger partial charge in [0.2, 0.25) is 5.88 Å². The predicted molar refractivity (Wildman–Crippen MR) is 125 cm³/mol. The van der Waals surface area contributed by atoms with Crippen molar-refractivity contribution in [1.29, 1.82) is 0 Å². The Morgan fingerprint density at radius 3 is 2.71 bits per heavy atom. The summed E-state index contributed by atoms with van der Waals surface area (Å²) in [7, 11) is 1.66. The Morgan fingerprint density at radius 2 is 1.81 bits per heavy atom. The quantitative estimate of drug-likeness (QED) is 0.385. The van der Waals surface area contributed by atoms with Gasteiger partial charge in [0, 0.05) is 35.4 Å². The Morgan fingerprint density at radius 1 is 0.935 bits per heavy atom. The van der Waals surface area contributed by atoms with Crippen molar-refractivity contribution in [3.05, 3.63) is 96.3 Å². The first kappa shape index (κ1) is 19.0. The lowest BCUT2D eigenvalue weighted by molar-refractivity contribution is 0.413. The first-order chi connectivity index (χ1) is 15.2. The molecule has 0 radical (unpaired) electrons. The second-order valence-corrected chi connectivity index (χ2v) is 7.59. The molecule has 154 valence electrons. The lowest BCUT2D eigenvalue weighted by atomic mass is 10.1. The Kier molecular flexibility index (Phi) is 4.92. The summed E-state index contributed by atoms with van der Waals surface area (Å²) in [5.41, 5.74) is 4.12. The van der Waals surface area contributed by atoms with Gasteiger partial charge in [-0.1, -0.05) is 36.4 Å². The molecular weight excluding hydrogens is 386 g/mol. The molecule has 5 heteroatoms. The van der Waals surface area contributed by atoms with Crippen LogP contribution in [0.3, 0.4) is 0 Å². The number of anilines is 1. The lowest BCUT2D eigenvalue weighted by Gasteiger charge is -2.10. The predicted octanol–water partition coefficient (Wildman–Crippen LogP) is 5.56. The average Bonchev–Trinajstić information content (AvgIpc) is 3.13. The molecule has 5 rings (SSSR count). The van der Waals surface area contributed by atoms with E-state index in [-0.39, 0.29) is 5.88 Å². The standard InChI is InChI=1S/C26H23N3O2/c1-31-22-8-2-5-19(14-22)16-29-17-21-6-3-9-24(25(21)26(29)30)28-15-18-10-11-23-20(13-18)7-4-12-27-23/h2-14,17,28,30H,15-16H2,1H3.